The lowest BCUT2D eigenvalue weighted by atomic mass is 10.2. The second-order valence-electron chi connectivity index (χ2n) is 5.02. The number of carbonyl (C=O) groups excluding carboxylic acids is 1. The Kier molecular flexibility index (Phi) is 4.43. The highest BCUT2D eigenvalue weighted by Crippen LogP contribution is 2.29. The lowest BCUT2D eigenvalue weighted by molar-refractivity contribution is -0.137. The fourth-order valence-electron chi connectivity index (χ4n) is 1.97. The number of halogens is 3. The molecular formula is C15H10F3N5O3. The lowest BCUT2D eigenvalue weighted by Crippen LogP contribution is -2.17. The third-order valence-corrected chi connectivity index (χ3v) is 3.24. The molecule has 0 aliphatic rings. The van der Waals surface area contributed by atoms with Crippen molar-refractivity contribution in [2.45, 2.75) is 6.18 Å². The van der Waals surface area contributed by atoms with E-state index in [4.69, 9.17) is 5.73 Å². The van der Waals surface area contributed by atoms with E-state index < -0.39 is 17.8 Å². The van der Waals surface area contributed by atoms with E-state index in [-0.39, 0.29) is 11.5 Å². The van der Waals surface area contributed by atoms with E-state index in [9.17, 15) is 18.0 Å². The van der Waals surface area contributed by atoms with Gasteiger partial charge in [0.05, 0.1) is 5.56 Å². The lowest BCUT2D eigenvalue weighted by Gasteiger charge is -2.08. The Labute approximate surface area is 143 Å². The van der Waals surface area contributed by atoms with Crippen LogP contribution in [-0.4, -0.2) is 22.2 Å². The first-order chi connectivity index (χ1) is 12.3. The van der Waals surface area contributed by atoms with Gasteiger partial charge < -0.3 is 5.73 Å². The molecule has 2 aromatic carbocycles. The highest BCUT2D eigenvalue weighted by Gasteiger charge is 2.30. The summed E-state index contributed by atoms with van der Waals surface area (Å²) in [6, 6.07) is 8.52. The van der Waals surface area contributed by atoms with Gasteiger partial charge in [0.15, 0.2) is 5.84 Å². The smallest absolute Gasteiger partial charge is 0.380 e. The molecule has 1 amide bonds. The second-order valence-corrected chi connectivity index (χ2v) is 5.02. The van der Waals surface area contributed by atoms with Crippen molar-refractivity contribution in [3.05, 3.63) is 53.6 Å². The van der Waals surface area contributed by atoms with E-state index in [1.165, 1.54) is 6.07 Å². The normalized spacial score (nSPS) is 12.2. The van der Waals surface area contributed by atoms with Crippen LogP contribution in [0.2, 0.25) is 0 Å². The molecule has 0 aliphatic carbocycles. The van der Waals surface area contributed by atoms with Crippen molar-refractivity contribution in [3.63, 3.8) is 0 Å². The number of fused-ring (bicyclic) bond motifs is 1. The van der Waals surface area contributed by atoms with Crippen LogP contribution in [-0.2, 0) is 11.0 Å². The number of amidine groups is 1. The van der Waals surface area contributed by atoms with Gasteiger partial charge in [-0.2, -0.15) is 13.2 Å². The number of nitrogens with zero attached hydrogens (tertiary/aromatic N) is 3. The summed E-state index contributed by atoms with van der Waals surface area (Å²) < 4.78 is 42.0. The molecule has 134 valence electrons. The Balaban J connectivity index is 1.63. The number of oxime groups is 1. The second kappa shape index (κ2) is 6.70. The third kappa shape index (κ3) is 3.88. The molecule has 0 unspecified atom stereocenters. The molecule has 0 aliphatic heterocycles. The molecule has 3 rings (SSSR count). The number of nitrogens with one attached hydrogen (secondary N) is 1. The molecule has 1 aromatic heterocycles. The molecule has 8 nitrogen and oxygen atoms in total. The number of aromatic nitrogens is 2. The quantitative estimate of drug-likeness (QED) is 0.319. The van der Waals surface area contributed by atoms with Crippen molar-refractivity contribution in [1.29, 1.82) is 0 Å². The standard InChI is InChI=1S/C15H10F3N5O3/c16-15(17,18)9-2-4-10(5-3-9)20-14(24)25-23-13(19)8-1-6-11-12(7-8)22-26-21-11/h1-7H,(H2,19,23)(H,20,24). The first kappa shape index (κ1) is 17.2. The molecule has 0 saturated heterocycles. The number of nitrogens with two attached hydrogens (primary N) is 1. The van der Waals surface area contributed by atoms with Crippen molar-refractivity contribution >= 4 is 28.6 Å². The van der Waals surface area contributed by atoms with Crippen molar-refractivity contribution in [1.82, 2.24) is 10.3 Å². The Morgan fingerprint density at radius 1 is 1.12 bits per heavy atom. The summed E-state index contributed by atoms with van der Waals surface area (Å²) in [5, 5.41) is 13.0. The average Bonchev–Trinajstić information content (AvgIpc) is 3.07. The van der Waals surface area contributed by atoms with Crippen LogP contribution in [0.4, 0.5) is 23.7 Å². The van der Waals surface area contributed by atoms with Gasteiger partial charge in [0.2, 0.25) is 0 Å². The third-order valence-electron chi connectivity index (χ3n) is 3.24. The predicted octanol–water partition coefficient (Wildman–Crippen LogP) is 3.11. The number of rotatable bonds is 3. The van der Waals surface area contributed by atoms with Gasteiger partial charge in [0.25, 0.3) is 0 Å². The molecule has 11 heteroatoms. The molecule has 0 spiro atoms. The first-order valence-electron chi connectivity index (χ1n) is 7.04. The van der Waals surface area contributed by atoms with Crippen molar-refractivity contribution in [3.8, 4) is 0 Å². The van der Waals surface area contributed by atoms with Crippen molar-refractivity contribution < 1.29 is 27.4 Å². The number of carbonyl (C=O) groups is 1. The minimum atomic E-state index is -4.46. The maximum atomic E-state index is 12.5. The van der Waals surface area contributed by atoms with Gasteiger partial charge in [-0.1, -0.05) is 5.16 Å². The molecule has 0 fully saturated rings. The summed E-state index contributed by atoms with van der Waals surface area (Å²) in [5.41, 5.74) is 6.34. The molecule has 3 N–H and O–H groups in total. The highest BCUT2D eigenvalue weighted by molar-refractivity contribution is 6.00. The molecule has 0 saturated carbocycles. The van der Waals surface area contributed by atoms with E-state index in [1.54, 1.807) is 12.1 Å². The van der Waals surface area contributed by atoms with Gasteiger partial charge in [-0.05, 0) is 52.8 Å². The van der Waals surface area contributed by atoms with E-state index >= 15 is 0 Å². The number of amides is 1. The van der Waals surface area contributed by atoms with E-state index in [2.05, 4.69) is 30.3 Å². The van der Waals surface area contributed by atoms with Gasteiger partial charge in [-0.3, -0.25) is 10.2 Å². The maximum absolute atomic E-state index is 12.5. The molecule has 0 bridgehead atoms. The van der Waals surface area contributed by atoms with Gasteiger partial charge >= 0.3 is 12.3 Å². The SMILES string of the molecule is N/C(=N\OC(=O)Nc1ccc(C(F)(F)F)cc1)c1ccc2nonc2c1. The summed E-state index contributed by atoms with van der Waals surface area (Å²) >= 11 is 0. The molecular weight excluding hydrogens is 355 g/mol. The van der Waals surface area contributed by atoms with Crippen LogP contribution in [0.5, 0.6) is 0 Å². The summed E-state index contributed by atoms with van der Waals surface area (Å²) in [6.45, 7) is 0. The van der Waals surface area contributed by atoms with Gasteiger partial charge in [0, 0.05) is 11.3 Å². The highest BCUT2D eigenvalue weighted by atomic mass is 19.4. The average molecular weight is 365 g/mol. The largest absolute Gasteiger partial charge is 0.437 e. The topological polar surface area (TPSA) is 116 Å². The fraction of sp³-hybridized carbons (Fsp3) is 0.0667. The number of alkyl halides is 3. The monoisotopic (exact) mass is 365 g/mol. The zero-order valence-electron chi connectivity index (χ0n) is 12.8. The molecule has 0 atom stereocenters. The molecule has 1 heterocycles. The Bertz CT molecular complexity index is 967. The van der Waals surface area contributed by atoms with Crippen LogP contribution in [0, 0.1) is 0 Å². The Morgan fingerprint density at radius 3 is 2.50 bits per heavy atom. The summed E-state index contributed by atoms with van der Waals surface area (Å²) in [5.74, 6) is -0.113. The van der Waals surface area contributed by atoms with Crippen LogP contribution < -0.4 is 11.1 Å². The first-order valence-corrected chi connectivity index (χ1v) is 7.04. The minimum Gasteiger partial charge on any atom is -0.380 e. The van der Waals surface area contributed by atoms with Gasteiger partial charge in [0.1, 0.15) is 11.0 Å². The Morgan fingerprint density at radius 2 is 1.81 bits per heavy atom. The van der Waals surface area contributed by atoms with Crippen LogP contribution in [0.25, 0.3) is 11.0 Å². The summed E-state index contributed by atoms with van der Waals surface area (Å²) in [4.78, 5) is 16.2. The molecule has 3 aromatic rings. The Hall–Kier alpha value is -3.63. The van der Waals surface area contributed by atoms with Crippen molar-refractivity contribution in [2.75, 3.05) is 5.32 Å². The van der Waals surface area contributed by atoms with Gasteiger partial charge in [-0.15, -0.1) is 0 Å². The zero-order valence-corrected chi connectivity index (χ0v) is 12.8. The fourth-order valence-corrected chi connectivity index (χ4v) is 1.97. The maximum Gasteiger partial charge on any atom is 0.437 e. The van der Waals surface area contributed by atoms with Crippen LogP contribution >= 0.6 is 0 Å². The van der Waals surface area contributed by atoms with E-state index in [1.807, 2.05) is 0 Å². The van der Waals surface area contributed by atoms with Crippen LogP contribution in [0.15, 0.2) is 52.2 Å². The van der Waals surface area contributed by atoms with Crippen molar-refractivity contribution in [2.24, 2.45) is 10.9 Å². The van der Waals surface area contributed by atoms with E-state index in [0.717, 1.165) is 24.3 Å². The number of benzene rings is 2. The minimum absolute atomic E-state index is 0.104. The predicted molar refractivity (Wildman–Crippen MR) is 84.1 cm³/mol. The summed E-state index contributed by atoms with van der Waals surface area (Å²) in [7, 11) is 0. The van der Waals surface area contributed by atoms with Crippen LogP contribution in [0.1, 0.15) is 11.1 Å². The van der Waals surface area contributed by atoms with E-state index in [0.29, 0.717) is 16.6 Å². The number of hydrogen-bond donors (Lipinski definition) is 2. The summed E-state index contributed by atoms with van der Waals surface area (Å²) in [6.07, 6.45) is -5.48. The number of anilines is 1. The van der Waals surface area contributed by atoms with Gasteiger partial charge in [-0.25, -0.2) is 9.42 Å². The van der Waals surface area contributed by atoms with Crippen LogP contribution in [0.3, 0.4) is 0 Å². The molecule has 0 radical (unpaired) electrons. The number of hydrogen-bond acceptors (Lipinski definition) is 6. The zero-order chi connectivity index (χ0) is 18.7. The molecule has 26 heavy (non-hydrogen) atoms.